The normalized spacial score (nSPS) is 26.4. The molecule has 0 aromatic carbocycles. The Morgan fingerprint density at radius 3 is 3.29 bits per heavy atom. The fourth-order valence-corrected chi connectivity index (χ4v) is 2.23. The summed E-state index contributed by atoms with van der Waals surface area (Å²) in [4.78, 5) is 0. The average molecular weight is 194 g/mol. The Bertz CT molecular complexity index is 329. The zero-order valence-electron chi connectivity index (χ0n) is 8.08. The van der Waals surface area contributed by atoms with Gasteiger partial charge in [-0.2, -0.15) is 0 Å². The van der Waals surface area contributed by atoms with E-state index in [-0.39, 0.29) is 0 Å². The van der Waals surface area contributed by atoms with Crippen LogP contribution in [0.1, 0.15) is 35.9 Å². The Labute approximate surface area is 82.6 Å². The lowest BCUT2D eigenvalue weighted by Gasteiger charge is -2.13. The summed E-state index contributed by atoms with van der Waals surface area (Å²) in [6.07, 6.45) is 3.27. The smallest absolute Gasteiger partial charge is 0.159 e. The van der Waals surface area contributed by atoms with Gasteiger partial charge in [0.15, 0.2) is 5.76 Å². The molecule has 0 amide bonds. The van der Waals surface area contributed by atoms with Crippen LogP contribution in [0.25, 0.3) is 0 Å². The molecule has 14 heavy (non-hydrogen) atoms. The summed E-state index contributed by atoms with van der Waals surface area (Å²) in [6.45, 7) is 2.53. The third-order valence-corrected chi connectivity index (χ3v) is 3.01. The topological polar surface area (TPSA) is 47.3 Å². The first kappa shape index (κ1) is 8.44. The van der Waals surface area contributed by atoms with E-state index < -0.39 is 0 Å². The predicted molar refractivity (Wildman–Crippen MR) is 49.8 cm³/mol. The van der Waals surface area contributed by atoms with E-state index in [4.69, 9.17) is 9.26 Å². The Balaban J connectivity index is 1.93. The number of rotatable bonds is 1. The van der Waals surface area contributed by atoms with Gasteiger partial charge in [0.05, 0.1) is 24.9 Å². The lowest BCUT2D eigenvalue weighted by atomic mass is 10.0. The average Bonchev–Trinajstić information content (AvgIpc) is 2.85. The molecule has 0 spiro atoms. The highest BCUT2D eigenvalue weighted by Crippen LogP contribution is 2.30. The molecule has 1 N–H and O–H groups in total. The molecule has 0 aliphatic carbocycles. The highest BCUT2D eigenvalue weighted by Gasteiger charge is 2.27. The van der Waals surface area contributed by atoms with Crippen LogP contribution >= 0.6 is 0 Å². The van der Waals surface area contributed by atoms with E-state index >= 15 is 0 Å². The SMILES string of the molecule is C1CNC(c2onc3c2COCC3)C1. The van der Waals surface area contributed by atoms with Crippen LogP contribution in [0, 0.1) is 0 Å². The van der Waals surface area contributed by atoms with Gasteiger partial charge >= 0.3 is 0 Å². The quantitative estimate of drug-likeness (QED) is 0.729. The molecular weight excluding hydrogens is 180 g/mol. The van der Waals surface area contributed by atoms with Gasteiger partial charge in [0.25, 0.3) is 0 Å². The molecule has 2 aliphatic rings. The van der Waals surface area contributed by atoms with Gasteiger partial charge in [0, 0.05) is 12.0 Å². The standard InChI is InChI=1S/C10H14N2O2/c1-2-9(11-4-1)10-7-6-13-5-3-8(7)12-14-10/h9,11H,1-6H2. The number of nitrogens with one attached hydrogen (secondary N) is 1. The first-order valence-corrected chi connectivity index (χ1v) is 5.23. The van der Waals surface area contributed by atoms with Crippen LogP contribution in [0.2, 0.25) is 0 Å². The zero-order chi connectivity index (χ0) is 9.38. The Kier molecular flexibility index (Phi) is 2.03. The molecule has 2 aliphatic heterocycles. The fraction of sp³-hybridized carbons (Fsp3) is 0.700. The van der Waals surface area contributed by atoms with Crippen LogP contribution in [-0.2, 0) is 17.8 Å². The van der Waals surface area contributed by atoms with E-state index in [1.54, 1.807) is 0 Å². The van der Waals surface area contributed by atoms with Gasteiger partial charge in [-0.15, -0.1) is 0 Å². The maximum Gasteiger partial charge on any atom is 0.159 e. The summed E-state index contributed by atoms with van der Waals surface area (Å²) in [6, 6.07) is 0.368. The van der Waals surface area contributed by atoms with E-state index in [1.807, 2.05) is 0 Å². The fourth-order valence-electron chi connectivity index (χ4n) is 2.23. The van der Waals surface area contributed by atoms with Crippen molar-refractivity contribution in [2.24, 2.45) is 0 Å². The molecule has 1 saturated heterocycles. The summed E-state index contributed by atoms with van der Waals surface area (Å²) in [7, 11) is 0. The number of nitrogens with zero attached hydrogens (tertiary/aromatic N) is 1. The second kappa shape index (κ2) is 3.37. The first-order chi connectivity index (χ1) is 6.95. The third-order valence-electron chi connectivity index (χ3n) is 3.01. The lowest BCUT2D eigenvalue weighted by molar-refractivity contribution is 0.109. The van der Waals surface area contributed by atoms with Crippen molar-refractivity contribution in [2.45, 2.75) is 31.9 Å². The molecule has 0 saturated carbocycles. The lowest BCUT2D eigenvalue weighted by Crippen LogP contribution is -2.16. The summed E-state index contributed by atoms with van der Waals surface area (Å²) < 4.78 is 10.8. The Morgan fingerprint density at radius 1 is 1.43 bits per heavy atom. The van der Waals surface area contributed by atoms with Crippen LogP contribution in [0.3, 0.4) is 0 Å². The molecule has 1 aromatic heterocycles. The minimum Gasteiger partial charge on any atom is -0.376 e. The molecule has 1 unspecified atom stereocenters. The van der Waals surface area contributed by atoms with Crippen LogP contribution in [0.5, 0.6) is 0 Å². The van der Waals surface area contributed by atoms with Crippen molar-refractivity contribution < 1.29 is 9.26 Å². The first-order valence-electron chi connectivity index (χ1n) is 5.23. The molecule has 4 nitrogen and oxygen atoms in total. The second-order valence-corrected chi connectivity index (χ2v) is 3.92. The molecular formula is C10H14N2O2. The molecule has 1 atom stereocenters. The van der Waals surface area contributed by atoms with Gasteiger partial charge in [-0.25, -0.2) is 0 Å². The highest BCUT2D eigenvalue weighted by atomic mass is 16.5. The zero-order valence-corrected chi connectivity index (χ0v) is 8.08. The van der Waals surface area contributed by atoms with Gasteiger partial charge in [-0.05, 0) is 19.4 Å². The van der Waals surface area contributed by atoms with Crippen molar-refractivity contribution in [1.29, 1.82) is 0 Å². The molecule has 0 bridgehead atoms. The van der Waals surface area contributed by atoms with Crippen LogP contribution in [0.15, 0.2) is 4.52 Å². The van der Waals surface area contributed by atoms with Gasteiger partial charge in [0.2, 0.25) is 0 Å². The van der Waals surface area contributed by atoms with E-state index in [0.717, 1.165) is 37.4 Å². The van der Waals surface area contributed by atoms with E-state index in [1.165, 1.54) is 12.0 Å². The van der Waals surface area contributed by atoms with Crippen molar-refractivity contribution in [2.75, 3.05) is 13.2 Å². The van der Waals surface area contributed by atoms with Gasteiger partial charge in [-0.3, -0.25) is 0 Å². The van der Waals surface area contributed by atoms with E-state index in [2.05, 4.69) is 10.5 Å². The molecule has 3 rings (SSSR count). The van der Waals surface area contributed by atoms with Crippen LogP contribution < -0.4 is 5.32 Å². The number of hydrogen-bond donors (Lipinski definition) is 1. The second-order valence-electron chi connectivity index (χ2n) is 3.92. The van der Waals surface area contributed by atoms with Crippen molar-refractivity contribution in [3.05, 3.63) is 17.0 Å². The van der Waals surface area contributed by atoms with Crippen molar-refractivity contribution in [3.63, 3.8) is 0 Å². The largest absolute Gasteiger partial charge is 0.376 e. The van der Waals surface area contributed by atoms with Crippen molar-refractivity contribution in [1.82, 2.24) is 10.5 Å². The van der Waals surface area contributed by atoms with Crippen LogP contribution in [0.4, 0.5) is 0 Å². The van der Waals surface area contributed by atoms with E-state index in [0.29, 0.717) is 12.6 Å². The number of fused-ring (bicyclic) bond motifs is 1. The van der Waals surface area contributed by atoms with Crippen molar-refractivity contribution >= 4 is 0 Å². The van der Waals surface area contributed by atoms with Crippen molar-refractivity contribution in [3.8, 4) is 0 Å². The molecule has 3 heterocycles. The van der Waals surface area contributed by atoms with Gasteiger partial charge in [0.1, 0.15) is 0 Å². The van der Waals surface area contributed by atoms with Gasteiger partial charge < -0.3 is 14.6 Å². The summed E-state index contributed by atoms with van der Waals surface area (Å²) in [5, 5.41) is 7.53. The van der Waals surface area contributed by atoms with Crippen LogP contribution in [-0.4, -0.2) is 18.3 Å². The molecule has 0 radical (unpaired) electrons. The monoisotopic (exact) mass is 194 g/mol. The number of hydrogen-bond acceptors (Lipinski definition) is 4. The number of aromatic nitrogens is 1. The summed E-state index contributed by atoms with van der Waals surface area (Å²) in [5.74, 6) is 1.01. The maximum atomic E-state index is 5.43. The molecule has 1 fully saturated rings. The maximum absolute atomic E-state index is 5.43. The third kappa shape index (κ3) is 1.26. The summed E-state index contributed by atoms with van der Waals surface area (Å²) >= 11 is 0. The Hall–Kier alpha value is -0.870. The number of ether oxygens (including phenoxy) is 1. The minimum absolute atomic E-state index is 0.368. The van der Waals surface area contributed by atoms with Gasteiger partial charge in [-0.1, -0.05) is 5.16 Å². The predicted octanol–water partition coefficient (Wildman–Crippen LogP) is 1.17. The Morgan fingerprint density at radius 2 is 2.43 bits per heavy atom. The molecule has 1 aromatic rings. The summed E-state index contributed by atoms with van der Waals surface area (Å²) in [5.41, 5.74) is 2.29. The minimum atomic E-state index is 0.368. The molecule has 4 heteroatoms. The van der Waals surface area contributed by atoms with E-state index in [9.17, 15) is 0 Å². The highest BCUT2D eigenvalue weighted by molar-refractivity contribution is 5.26. The molecule has 76 valence electrons.